The van der Waals surface area contributed by atoms with Crippen LogP contribution in [0, 0.1) is 0 Å². The standard InChI is InChI=1S/C27H28N4O4/c1-3-8-19-11-13-21(14-12-19)34-18-22-15-16-24(35-22)26(32)29-23-17-31(4-2)30-25(23)27(33)28-20-9-6-5-7-10-20/h5-7,9-17H,3-4,8,18H2,1-2H3,(H,28,33)(H,29,32). The fourth-order valence-corrected chi connectivity index (χ4v) is 3.51. The molecule has 0 aliphatic rings. The van der Waals surface area contributed by atoms with Gasteiger partial charge in [0, 0.05) is 18.4 Å². The highest BCUT2D eigenvalue weighted by atomic mass is 16.5. The van der Waals surface area contributed by atoms with Gasteiger partial charge in [-0.15, -0.1) is 0 Å². The number of aromatic nitrogens is 2. The Morgan fingerprint density at radius 3 is 2.43 bits per heavy atom. The van der Waals surface area contributed by atoms with Gasteiger partial charge in [0.25, 0.3) is 11.8 Å². The lowest BCUT2D eigenvalue weighted by Gasteiger charge is -2.06. The average molecular weight is 473 g/mol. The van der Waals surface area contributed by atoms with Crippen LogP contribution in [0.5, 0.6) is 5.75 Å². The van der Waals surface area contributed by atoms with E-state index in [2.05, 4.69) is 22.7 Å². The monoisotopic (exact) mass is 472 g/mol. The van der Waals surface area contributed by atoms with Gasteiger partial charge in [-0.05, 0) is 55.3 Å². The molecule has 2 aromatic carbocycles. The Labute approximate surface area is 203 Å². The number of furan rings is 1. The van der Waals surface area contributed by atoms with Gasteiger partial charge >= 0.3 is 0 Å². The summed E-state index contributed by atoms with van der Waals surface area (Å²) in [5.74, 6) is 0.453. The third kappa shape index (κ3) is 6.17. The van der Waals surface area contributed by atoms with Crippen molar-refractivity contribution in [2.45, 2.75) is 39.8 Å². The number of hydrogen-bond acceptors (Lipinski definition) is 5. The Morgan fingerprint density at radius 1 is 0.943 bits per heavy atom. The fourth-order valence-electron chi connectivity index (χ4n) is 3.51. The van der Waals surface area contributed by atoms with Crippen LogP contribution in [-0.2, 0) is 19.6 Å². The van der Waals surface area contributed by atoms with Gasteiger partial charge < -0.3 is 19.8 Å². The van der Waals surface area contributed by atoms with Crippen molar-refractivity contribution < 1.29 is 18.7 Å². The van der Waals surface area contributed by atoms with Crippen LogP contribution in [0.1, 0.15) is 52.6 Å². The van der Waals surface area contributed by atoms with E-state index in [-0.39, 0.29) is 18.1 Å². The molecule has 0 spiro atoms. The first-order valence-corrected chi connectivity index (χ1v) is 11.6. The predicted octanol–water partition coefficient (Wildman–Crippen LogP) is 5.53. The molecule has 0 fully saturated rings. The first-order chi connectivity index (χ1) is 17.1. The summed E-state index contributed by atoms with van der Waals surface area (Å²) in [6, 6.07) is 20.3. The summed E-state index contributed by atoms with van der Waals surface area (Å²) in [4.78, 5) is 25.6. The van der Waals surface area contributed by atoms with Gasteiger partial charge in [-0.25, -0.2) is 0 Å². The summed E-state index contributed by atoms with van der Waals surface area (Å²) in [5.41, 5.74) is 2.31. The minimum absolute atomic E-state index is 0.112. The fraction of sp³-hybridized carbons (Fsp3) is 0.222. The van der Waals surface area contributed by atoms with Crippen LogP contribution < -0.4 is 15.4 Å². The molecule has 35 heavy (non-hydrogen) atoms. The van der Waals surface area contributed by atoms with Crippen LogP contribution in [0.15, 0.2) is 77.3 Å². The number of anilines is 2. The molecule has 2 N–H and O–H groups in total. The second-order valence-corrected chi connectivity index (χ2v) is 7.97. The molecule has 4 aromatic rings. The molecule has 4 rings (SSSR count). The van der Waals surface area contributed by atoms with Crippen LogP contribution in [-0.4, -0.2) is 21.6 Å². The summed E-state index contributed by atoms with van der Waals surface area (Å²) >= 11 is 0. The van der Waals surface area contributed by atoms with Crippen LogP contribution in [0.4, 0.5) is 11.4 Å². The maximum absolute atomic E-state index is 12.8. The van der Waals surface area contributed by atoms with Crippen molar-refractivity contribution in [1.29, 1.82) is 0 Å². The van der Waals surface area contributed by atoms with Crippen LogP contribution in [0.25, 0.3) is 0 Å². The lowest BCUT2D eigenvalue weighted by Crippen LogP contribution is -2.17. The number of ether oxygens (including phenoxy) is 1. The van der Waals surface area contributed by atoms with Gasteiger partial charge in [-0.3, -0.25) is 14.3 Å². The molecule has 0 atom stereocenters. The van der Waals surface area contributed by atoms with E-state index in [9.17, 15) is 9.59 Å². The van der Waals surface area contributed by atoms with Crippen molar-refractivity contribution in [2.75, 3.05) is 10.6 Å². The summed E-state index contributed by atoms with van der Waals surface area (Å²) < 4.78 is 13.0. The Bertz CT molecular complexity index is 1280. The van der Waals surface area contributed by atoms with Gasteiger partial charge in [0.2, 0.25) is 0 Å². The number of rotatable bonds is 10. The Morgan fingerprint density at radius 2 is 1.71 bits per heavy atom. The summed E-state index contributed by atoms with van der Waals surface area (Å²) in [6.45, 7) is 4.78. The quantitative estimate of drug-likeness (QED) is 0.316. The molecule has 0 aliphatic carbocycles. The van der Waals surface area contributed by atoms with Crippen LogP contribution >= 0.6 is 0 Å². The molecule has 0 bridgehead atoms. The smallest absolute Gasteiger partial charge is 0.291 e. The second kappa shape index (κ2) is 11.2. The Hall–Kier alpha value is -4.33. The van der Waals surface area contributed by atoms with Crippen molar-refractivity contribution in [3.63, 3.8) is 0 Å². The molecule has 0 saturated heterocycles. The van der Waals surface area contributed by atoms with Crippen molar-refractivity contribution in [3.8, 4) is 5.75 Å². The predicted molar refractivity (Wildman–Crippen MR) is 134 cm³/mol. The van der Waals surface area contributed by atoms with Gasteiger partial charge in [0.15, 0.2) is 11.5 Å². The molecule has 0 saturated carbocycles. The number of hydrogen-bond donors (Lipinski definition) is 2. The van der Waals surface area contributed by atoms with Crippen LogP contribution in [0.3, 0.4) is 0 Å². The number of aryl methyl sites for hydroxylation is 2. The van der Waals surface area contributed by atoms with Gasteiger partial charge in [-0.1, -0.05) is 43.7 Å². The Balaban J connectivity index is 1.40. The van der Waals surface area contributed by atoms with Gasteiger partial charge in [0.1, 0.15) is 18.1 Å². The van der Waals surface area contributed by atoms with Crippen molar-refractivity contribution in [1.82, 2.24) is 9.78 Å². The molecular formula is C27H28N4O4. The zero-order chi connectivity index (χ0) is 24.6. The van der Waals surface area contributed by atoms with E-state index in [0.29, 0.717) is 23.7 Å². The SMILES string of the molecule is CCCc1ccc(OCc2ccc(C(=O)Nc3cn(CC)nc3C(=O)Nc3ccccc3)o2)cc1. The highest BCUT2D eigenvalue weighted by molar-refractivity contribution is 6.10. The molecule has 0 aliphatic heterocycles. The maximum atomic E-state index is 12.8. The largest absolute Gasteiger partial charge is 0.486 e. The topological polar surface area (TPSA) is 98.4 Å². The lowest BCUT2D eigenvalue weighted by molar-refractivity contribution is 0.0992. The maximum Gasteiger partial charge on any atom is 0.291 e. The van der Waals surface area contributed by atoms with Crippen molar-refractivity contribution in [2.24, 2.45) is 0 Å². The summed E-state index contributed by atoms with van der Waals surface area (Å²) in [5, 5.41) is 9.82. The van der Waals surface area contributed by atoms with E-state index in [4.69, 9.17) is 9.15 Å². The third-order valence-corrected chi connectivity index (χ3v) is 5.31. The van der Waals surface area contributed by atoms with E-state index < -0.39 is 11.8 Å². The van der Waals surface area contributed by atoms with Crippen LogP contribution in [0.2, 0.25) is 0 Å². The zero-order valence-corrected chi connectivity index (χ0v) is 19.8. The number of nitrogens with one attached hydrogen (secondary N) is 2. The highest BCUT2D eigenvalue weighted by Crippen LogP contribution is 2.20. The number of carbonyl (C=O) groups excluding carboxylic acids is 2. The van der Waals surface area contributed by atoms with Crippen molar-refractivity contribution in [3.05, 3.63) is 95.7 Å². The van der Waals surface area contributed by atoms with Gasteiger partial charge in [-0.2, -0.15) is 5.10 Å². The molecule has 0 radical (unpaired) electrons. The second-order valence-electron chi connectivity index (χ2n) is 7.97. The molecule has 2 amide bonds. The van der Waals surface area contributed by atoms with E-state index in [1.165, 1.54) is 5.56 Å². The Kier molecular flexibility index (Phi) is 7.62. The normalized spacial score (nSPS) is 10.7. The first kappa shape index (κ1) is 23.8. The molecule has 2 heterocycles. The first-order valence-electron chi connectivity index (χ1n) is 11.6. The number of para-hydroxylation sites is 1. The average Bonchev–Trinajstić information content (AvgIpc) is 3.52. The molecular weight excluding hydrogens is 444 g/mol. The molecule has 8 nitrogen and oxygen atoms in total. The highest BCUT2D eigenvalue weighted by Gasteiger charge is 2.21. The van der Waals surface area contributed by atoms with E-state index >= 15 is 0 Å². The molecule has 2 aromatic heterocycles. The van der Waals surface area contributed by atoms with E-state index in [1.54, 1.807) is 35.1 Å². The third-order valence-electron chi connectivity index (χ3n) is 5.31. The molecule has 180 valence electrons. The summed E-state index contributed by atoms with van der Waals surface area (Å²) in [7, 11) is 0. The van der Waals surface area contributed by atoms with Crippen molar-refractivity contribution >= 4 is 23.2 Å². The number of amides is 2. The minimum Gasteiger partial charge on any atom is -0.486 e. The summed E-state index contributed by atoms with van der Waals surface area (Å²) in [6.07, 6.45) is 3.74. The number of carbonyl (C=O) groups is 2. The van der Waals surface area contributed by atoms with E-state index in [0.717, 1.165) is 18.6 Å². The van der Waals surface area contributed by atoms with E-state index in [1.807, 2.05) is 49.4 Å². The zero-order valence-electron chi connectivity index (χ0n) is 19.8. The molecule has 8 heteroatoms. The lowest BCUT2D eigenvalue weighted by atomic mass is 10.1. The van der Waals surface area contributed by atoms with Gasteiger partial charge in [0.05, 0.1) is 5.69 Å². The minimum atomic E-state index is -0.482. The molecule has 0 unspecified atom stereocenters. The number of nitrogens with zero attached hydrogens (tertiary/aromatic N) is 2. The number of benzene rings is 2.